The van der Waals surface area contributed by atoms with E-state index in [-0.39, 0.29) is 30.0 Å². The Morgan fingerprint density at radius 2 is 1.81 bits per heavy atom. The second-order valence-corrected chi connectivity index (χ2v) is 11.7. The molecule has 0 radical (unpaired) electrons. The van der Waals surface area contributed by atoms with Gasteiger partial charge in [0, 0.05) is 66.2 Å². The number of amides is 3. The van der Waals surface area contributed by atoms with Gasteiger partial charge in [0.15, 0.2) is 0 Å². The topological polar surface area (TPSA) is 113 Å². The van der Waals surface area contributed by atoms with Gasteiger partial charge in [0.2, 0.25) is 11.8 Å². The lowest BCUT2D eigenvalue weighted by Crippen LogP contribution is -2.37. The Morgan fingerprint density at radius 3 is 2.53 bits per heavy atom. The van der Waals surface area contributed by atoms with Gasteiger partial charge in [0.25, 0.3) is 5.91 Å². The number of hydrogen-bond donors (Lipinski definition) is 2. The number of nitrogens with zero attached hydrogens (tertiary/aromatic N) is 3. The largest absolute Gasteiger partial charge is 0.487 e. The van der Waals surface area contributed by atoms with E-state index in [4.69, 9.17) is 37.7 Å². The number of aromatic nitrogens is 1. The summed E-state index contributed by atoms with van der Waals surface area (Å²) in [6.45, 7) is 4.67. The highest BCUT2D eigenvalue weighted by atomic mass is 35.5. The molecule has 0 unspecified atom stereocenters. The number of morpholine rings is 1. The third kappa shape index (κ3) is 8.02. The van der Waals surface area contributed by atoms with E-state index in [0.29, 0.717) is 40.8 Å². The zero-order chi connectivity index (χ0) is 33.5. The maximum atomic E-state index is 13.0. The minimum Gasteiger partial charge on any atom is -0.487 e. The van der Waals surface area contributed by atoms with Crippen LogP contribution >= 0.6 is 23.2 Å². The Hall–Kier alpha value is -4.64. The molecule has 0 aliphatic carbocycles. The summed E-state index contributed by atoms with van der Waals surface area (Å²) in [7, 11) is 3.13. The van der Waals surface area contributed by atoms with Crippen LogP contribution in [0.2, 0.25) is 10.0 Å². The van der Waals surface area contributed by atoms with Gasteiger partial charge in [0.1, 0.15) is 17.9 Å². The zero-order valence-corrected chi connectivity index (χ0v) is 27.8. The molecule has 12 heteroatoms. The second-order valence-electron chi connectivity index (χ2n) is 10.9. The molecule has 47 heavy (non-hydrogen) atoms. The van der Waals surface area contributed by atoms with E-state index in [9.17, 15) is 14.4 Å². The van der Waals surface area contributed by atoms with E-state index in [0.717, 1.165) is 40.9 Å². The average molecular weight is 677 g/mol. The molecule has 4 aromatic rings. The lowest BCUT2D eigenvalue weighted by atomic mass is 10.1. The number of anilines is 2. The standard InChI is InChI=1S/C35H35Cl2N5O5/c1-22-19-29(42-15-17-46-18-16-42)25-5-4-6-30(34(25)40-22)47-21-26-27(36)12-13-28(33(26)37)41(3)32(44)20-39-31(43)14-9-23-7-10-24(11-8-23)35(45)38-2/h4-14,19H,15-18,20-21H2,1-3H3,(H,38,45)(H,39,43)/b14-9+. The molecule has 244 valence electrons. The number of carbonyl (C=O) groups excluding carboxylic acids is 3. The van der Waals surface area contributed by atoms with Crippen LogP contribution in [0.25, 0.3) is 17.0 Å². The fourth-order valence-corrected chi connectivity index (χ4v) is 5.78. The highest BCUT2D eigenvalue weighted by Crippen LogP contribution is 2.37. The molecule has 1 aliphatic heterocycles. The van der Waals surface area contributed by atoms with Crippen LogP contribution in [0.3, 0.4) is 0 Å². The summed E-state index contributed by atoms with van der Waals surface area (Å²) in [4.78, 5) is 45.6. The Balaban J connectivity index is 1.25. The Morgan fingerprint density at radius 1 is 1.06 bits per heavy atom. The Kier molecular flexibility index (Phi) is 11.0. The maximum absolute atomic E-state index is 13.0. The smallest absolute Gasteiger partial charge is 0.251 e. The van der Waals surface area contributed by atoms with Gasteiger partial charge in [-0.15, -0.1) is 0 Å². The molecule has 0 spiro atoms. The zero-order valence-electron chi connectivity index (χ0n) is 26.3. The molecule has 2 N–H and O–H groups in total. The molecular weight excluding hydrogens is 641 g/mol. The number of para-hydroxylation sites is 1. The summed E-state index contributed by atoms with van der Waals surface area (Å²) in [5.41, 5.74) is 4.85. The van der Waals surface area contributed by atoms with Gasteiger partial charge in [-0.25, -0.2) is 4.98 Å². The molecule has 2 heterocycles. The quantitative estimate of drug-likeness (QED) is 0.216. The van der Waals surface area contributed by atoms with Crippen LogP contribution in [0, 0.1) is 6.92 Å². The van der Waals surface area contributed by atoms with Gasteiger partial charge in [0.05, 0.1) is 30.5 Å². The fourth-order valence-electron chi connectivity index (χ4n) is 5.17. The van der Waals surface area contributed by atoms with E-state index in [1.807, 2.05) is 25.1 Å². The first-order chi connectivity index (χ1) is 22.7. The van der Waals surface area contributed by atoms with Crippen LogP contribution in [-0.2, 0) is 20.9 Å². The number of fused-ring (bicyclic) bond motifs is 1. The summed E-state index contributed by atoms with van der Waals surface area (Å²) in [6.07, 6.45) is 2.91. The number of hydrogen-bond acceptors (Lipinski definition) is 7. The third-order valence-corrected chi connectivity index (χ3v) is 8.55. The van der Waals surface area contributed by atoms with E-state index >= 15 is 0 Å². The fraction of sp³-hybridized carbons (Fsp3) is 0.257. The second kappa shape index (κ2) is 15.3. The molecule has 1 saturated heterocycles. The number of aryl methyl sites for hydroxylation is 1. The maximum Gasteiger partial charge on any atom is 0.251 e. The van der Waals surface area contributed by atoms with Crippen molar-refractivity contribution in [1.82, 2.24) is 15.6 Å². The van der Waals surface area contributed by atoms with Crippen LogP contribution < -0.4 is 25.2 Å². The number of ether oxygens (including phenoxy) is 2. The number of benzene rings is 3. The molecule has 0 bridgehead atoms. The third-order valence-electron chi connectivity index (χ3n) is 7.77. The van der Waals surface area contributed by atoms with Crippen molar-refractivity contribution in [3.05, 3.63) is 99.2 Å². The van der Waals surface area contributed by atoms with Crippen LogP contribution in [0.15, 0.2) is 66.7 Å². The molecule has 1 fully saturated rings. The van der Waals surface area contributed by atoms with Crippen LogP contribution in [0.1, 0.15) is 27.2 Å². The lowest BCUT2D eigenvalue weighted by Gasteiger charge is -2.30. The van der Waals surface area contributed by atoms with Gasteiger partial charge in [-0.3, -0.25) is 14.4 Å². The van der Waals surface area contributed by atoms with Gasteiger partial charge >= 0.3 is 0 Å². The highest BCUT2D eigenvalue weighted by Gasteiger charge is 2.21. The van der Waals surface area contributed by atoms with Crippen molar-refractivity contribution in [2.24, 2.45) is 0 Å². The molecule has 3 amide bonds. The van der Waals surface area contributed by atoms with E-state index in [2.05, 4.69) is 21.6 Å². The van der Waals surface area contributed by atoms with Crippen molar-refractivity contribution in [2.75, 3.05) is 56.7 Å². The average Bonchev–Trinajstić information content (AvgIpc) is 3.09. The van der Waals surface area contributed by atoms with Crippen molar-refractivity contribution >= 4 is 69.3 Å². The van der Waals surface area contributed by atoms with Crippen molar-refractivity contribution in [3.8, 4) is 5.75 Å². The van der Waals surface area contributed by atoms with Crippen LogP contribution in [-0.4, -0.2) is 69.6 Å². The normalized spacial score (nSPS) is 13.1. The number of nitrogens with one attached hydrogen (secondary N) is 2. The lowest BCUT2D eigenvalue weighted by molar-refractivity contribution is -0.122. The molecule has 1 aromatic heterocycles. The minimum atomic E-state index is -0.450. The predicted molar refractivity (Wildman–Crippen MR) is 186 cm³/mol. The molecule has 3 aromatic carbocycles. The molecular formula is C35H35Cl2N5O5. The van der Waals surface area contributed by atoms with Crippen molar-refractivity contribution < 1.29 is 23.9 Å². The SMILES string of the molecule is CNC(=O)c1ccc(/C=C/C(=O)NCC(=O)N(C)c2ccc(Cl)c(COc3cccc4c(N5CCOCC5)cc(C)nc34)c2Cl)cc1. The van der Waals surface area contributed by atoms with Gasteiger partial charge in [-0.2, -0.15) is 0 Å². The summed E-state index contributed by atoms with van der Waals surface area (Å²) >= 11 is 13.3. The van der Waals surface area contributed by atoms with E-state index < -0.39 is 5.91 Å². The molecule has 10 nitrogen and oxygen atoms in total. The van der Waals surface area contributed by atoms with Gasteiger partial charge in [-0.05, 0) is 55.0 Å². The highest BCUT2D eigenvalue weighted by molar-refractivity contribution is 6.38. The first kappa shape index (κ1) is 33.7. The summed E-state index contributed by atoms with van der Waals surface area (Å²) in [5.74, 6) is -0.450. The van der Waals surface area contributed by atoms with E-state index in [1.165, 1.54) is 11.0 Å². The van der Waals surface area contributed by atoms with Crippen molar-refractivity contribution in [1.29, 1.82) is 0 Å². The number of likely N-dealkylation sites (N-methyl/N-ethyl adjacent to an activating group) is 1. The number of pyridine rings is 1. The summed E-state index contributed by atoms with van der Waals surface area (Å²) < 4.78 is 11.8. The summed E-state index contributed by atoms with van der Waals surface area (Å²) in [5, 5.41) is 6.77. The Labute approximate surface area is 283 Å². The van der Waals surface area contributed by atoms with Crippen molar-refractivity contribution in [3.63, 3.8) is 0 Å². The first-order valence-corrected chi connectivity index (χ1v) is 15.8. The predicted octanol–water partition coefficient (Wildman–Crippen LogP) is 5.42. The van der Waals surface area contributed by atoms with Crippen LogP contribution in [0.4, 0.5) is 11.4 Å². The first-order valence-electron chi connectivity index (χ1n) is 15.0. The van der Waals surface area contributed by atoms with E-state index in [1.54, 1.807) is 56.6 Å². The Bertz CT molecular complexity index is 1820. The van der Waals surface area contributed by atoms with Gasteiger partial charge in [-0.1, -0.05) is 47.5 Å². The monoisotopic (exact) mass is 675 g/mol. The molecule has 1 aliphatic rings. The van der Waals surface area contributed by atoms with Gasteiger partial charge < -0.3 is 29.9 Å². The molecule has 0 atom stereocenters. The number of halogens is 2. The molecule has 5 rings (SSSR count). The van der Waals surface area contributed by atoms with Crippen molar-refractivity contribution in [2.45, 2.75) is 13.5 Å². The molecule has 0 saturated carbocycles. The number of carbonyl (C=O) groups is 3. The summed E-state index contributed by atoms with van der Waals surface area (Å²) in [6, 6.07) is 18.0. The minimum absolute atomic E-state index is 0.0424. The van der Waals surface area contributed by atoms with Crippen LogP contribution in [0.5, 0.6) is 5.75 Å². The number of rotatable bonds is 10.